The van der Waals surface area contributed by atoms with Gasteiger partial charge in [-0.15, -0.1) is 6.42 Å². The molecule has 1 saturated heterocycles. The van der Waals surface area contributed by atoms with E-state index < -0.39 is 5.60 Å². The zero-order chi connectivity index (χ0) is 12.2. The van der Waals surface area contributed by atoms with Crippen molar-refractivity contribution in [2.24, 2.45) is 0 Å². The van der Waals surface area contributed by atoms with Gasteiger partial charge in [0.15, 0.2) is 5.60 Å². The van der Waals surface area contributed by atoms with Crippen LogP contribution in [0.4, 0.5) is 4.79 Å². The standard InChI is InChI=1S/C12H20N2O2/c1-5-12(16-11(15)13(3)4)7-9-14(6-2)10-8-12/h1H,6-10H2,2-4H3. The number of piperidine rings is 1. The van der Waals surface area contributed by atoms with Crippen LogP contribution in [0.15, 0.2) is 0 Å². The maximum atomic E-state index is 11.5. The molecule has 1 amide bonds. The third kappa shape index (κ3) is 2.89. The van der Waals surface area contributed by atoms with Crippen LogP contribution < -0.4 is 0 Å². The smallest absolute Gasteiger partial charge is 0.410 e. The normalized spacial score (nSPS) is 19.9. The Morgan fingerprint density at radius 2 is 2.06 bits per heavy atom. The van der Waals surface area contributed by atoms with E-state index >= 15 is 0 Å². The number of hydrogen-bond acceptors (Lipinski definition) is 3. The number of likely N-dealkylation sites (tertiary alicyclic amines) is 1. The van der Waals surface area contributed by atoms with Crippen molar-refractivity contribution in [3.63, 3.8) is 0 Å². The molecule has 0 bridgehead atoms. The summed E-state index contributed by atoms with van der Waals surface area (Å²) < 4.78 is 5.41. The fraction of sp³-hybridized carbons (Fsp3) is 0.750. The first-order valence-corrected chi connectivity index (χ1v) is 5.63. The highest BCUT2D eigenvalue weighted by atomic mass is 16.6. The van der Waals surface area contributed by atoms with Gasteiger partial charge in [0, 0.05) is 40.0 Å². The summed E-state index contributed by atoms with van der Waals surface area (Å²) in [6, 6.07) is 0. The molecule has 1 fully saturated rings. The highest BCUT2D eigenvalue weighted by Crippen LogP contribution is 2.26. The molecule has 0 saturated carbocycles. The Labute approximate surface area is 97.5 Å². The van der Waals surface area contributed by atoms with E-state index in [9.17, 15) is 4.79 Å². The van der Waals surface area contributed by atoms with Crippen LogP contribution in [0.3, 0.4) is 0 Å². The number of hydrogen-bond donors (Lipinski definition) is 0. The number of terminal acetylenes is 1. The van der Waals surface area contributed by atoms with E-state index in [-0.39, 0.29) is 6.09 Å². The molecular formula is C12H20N2O2. The van der Waals surface area contributed by atoms with Crippen LogP contribution in [0.25, 0.3) is 0 Å². The SMILES string of the molecule is C#CC1(OC(=O)N(C)C)CCN(CC)CC1. The van der Waals surface area contributed by atoms with Crippen molar-refractivity contribution in [3.05, 3.63) is 0 Å². The first-order chi connectivity index (χ1) is 7.53. The van der Waals surface area contributed by atoms with Gasteiger partial charge in [-0.2, -0.15) is 0 Å². The second kappa shape index (κ2) is 5.22. The highest BCUT2D eigenvalue weighted by Gasteiger charge is 2.36. The molecule has 0 aromatic rings. The van der Waals surface area contributed by atoms with Gasteiger partial charge in [-0.1, -0.05) is 12.8 Å². The molecule has 4 heteroatoms. The number of ether oxygens (including phenoxy) is 1. The minimum Gasteiger partial charge on any atom is -0.429 e. The first-order valence-electron chi connectivity index (χ1n) is 5.63. The summed E-state index contributed by atoms with van der Waals surface area (Å²) in [4.78, 5) is 15.2. The van der Waals surface area contributed by atoms with E-state index in [0.717, 1.165) is 32.5 Å². The van der Waals surface area contributed by atoms with Crippen LogP contribution >= 0.6 is 0 Å². The van der Waals surface area contributed by atoms with Gasteiger partial charge in [0.05, 0.1) is 0 Å². The van der Waals surface area contributed by atoms with Gasteiger partial charge < -0.3 is 14.5 Å². The van der Waals surface area contributed by atoms with Crippen molar-refractivity contribution >= 4 is 6.09 Å². The molecule has 0 atom stereocenters. The predicted molar refractivity (Wildman–Crippen MR) is 63.1 cm³/mol. The van der Waals surface area contributed by atoms with E-state index in [1.807, 2.05) is 0 Å². The number of carbonyl (C=O) groups excluding carboxylic acids is 1. The molecule has 1 aliphatic heterocycles. The minimum atomic E-state index is -0.701. The van der Waals surface area contributed by atoms with Gasteiger partial charge in [0.1, 0.15) is 0 Å². The Hall–Kier alpha value is -1.21. The second-order valence-electron chi connectivity index (χ2n) is 4.34. The van der Waals surface area contributed by atoms with E-state index in [1.165, 1.54) is 4.90 Å². The van der Waals surface area contributed by atoms with Gasteiger partial charge in [-0.25, -0.2) is 4.79 Å². The second-order valence-corrected chi connectivity index (χ2v) is 4.34. The number of amides is 1. The summed E-state index contributed by atoms with van der Waals surface area (Å²) in [6.07, 6.45) is 6.59. The van der Waals surface area contributed by atoms with E-state index in [0.29, 0.717) is 0 Å². The maximum Gasteiger partial charge on any atom is 0.410 e. The third-order valence-electron chi connectivity index (χ3n) is 3.02. The minimum absolute atomic E-state index is 0.358. The Bertz CT molecular complexity index is 286. The molecule has 0 aromatic heterocycles. The van der Waals surface area contributed by atoms with Crippen molar-refractivity contribution in [3.8, 4) is 12.3 Å². The molecule has 1 rings (SSSR count). The molecule has 0 radical (unpaired) electrons. The molecule has 0 aromatic carbocycles. The third-order valence-corrected chi connectivity index (χ3v) is 3.02. The molecule has 90 valence electrons. The summed E-state index contributed by atoms with van der Waals surface area (Å²) in [6.45, 7) is 4.92. The van der Waals surface area contributed by atoms with Crippen LogP contribution in [-0.2, 0) is 4.74 Å². The Kier molecular flexibility index (Phi) is 4.19. The molecule has 1 aliphatic rings. The van der Waals surface area contributed by atoms with Crippen molar-refractivity contribution in [2.45, 2.75) is 25.4 Å². The number of nitrogens with zero attached hydrogens (tertiary/aromatic N) is 2. The van der Waals surface area contributed by atoms with Crippen molar-refractivity contribution in [1.82, 2.24) is 9.80 Å². The molecule has 0 spiro atoms. The van der Waals surface area contributed by atoms with Crippen LogP contribution in [-0.4, -0.2) is 55.2 Å². The van der Waals surface area contributed by atoms with Crippen LogP contribution in [0, 0.1) is 12.3 Å². The molecule has 16 heavy (non-hydrogen) atoms. The van der Waals surface area contributed by atoms with Gasteiger partial charge in [-0.05, 0) is 6.54 Å². The summed E-state index contributed by atoms with van der Waals surface area (Å²) in [5.74, 6) is 2.65. The fourth-order valence-corrected chi connectivity index (χ4v) is 1.76. The van der Waals surface area contributed by atoms with Gasteiger partial charge >= 0.3 is 6.09 Å². The predicted octanol–water partition coefficient (Wildman–Crippen LogP) is 1.17. The Balaban J connectivity index is 2.60. The lowest BCUT2D eigenvalue weighted by molar-refractivity contribution is -0.00561. The zero-order valence-corrected chi connectivity index (χ0v) is 10.3. The molecule has 1 heterocycles. The van der Waals surface area contributed by atoms with Gasteiger partial charge in [0.2, 0.25) is 0 Å². The lowest BCUT2D eigenvalue weighted by Gasteiger charge is -2.37. The average Bonchev–Trinajstić information content (AvgIpc) is 2.29. The topological polar surface area (TPSA) is 32.8 Å². The quantitative estimate of drug-likeness (QED) is 0.660. The van der Waals surface area contributed by atoms with Gasteiger partial charge in [-0.3, -0.25) is 0 Å². The first kappa shape index (κ1) is 12.9. The van der Waals surface area contributed by atoms with Crippen molar-refractivity contribution in [1.29, 1.82) is 0 Å². The largest absolute Gasteiger partial charge is 0.429 e. The molecular weight excluding hydrogens is 204 g/mol. The zero-order valence-electron chi connectivity index (χ0n) is 10.3. The molecule has 0 aliphatic carbocycles. The van der Waals surface area contributed by atoms with Crippen molar-refractivity contribution < 1.29 is 9.53 Å². The van der Waals surface area contributed by atoms with Crippen LogP contribution in [0.5, 0.6) is 0 Å². The summed E-state index contributed by atoms with van der Waals surface area (Å²) in [5.41, 5.74) is -0.701. The van der Waals surface area contributed by atoms with E-state index in [4.69, 9.17) is 11.2 Å². The Morgan fingerprint density at radius 1 is 1.50 bits per heavy atom. The van der Waals surface area contributed by atoms with Crippen molar-refractivity contribution in [2.75, 3.05) is 33.7 Å². The monoisotopic (exact) mass is 224 g/mol. The lowest BCUT2D eigenvalue weighted by atomic mass is 9.92. The number of rotatable bonds is 2. The Morgan fingerprint density at radius 3 is 2.44 bits per heavy atom. The number of carbonyl (C=O) groups is 1. The van der Waals surface area contributed by atoms with Crippen LogP contribution in [0.1, 0.15) is 19.8 Å². The van der Waals surface area contributed by atoms with Gasteiger partial charge in [0.25, 0.3) is 0 Å². The summed E-state index contributed by atoms with van der Waals surface area (Å²) in [5, 5.41) is 0. The molecule has 4 nitrogen and oxygen atoms in total. The summed E-state index contributed by atoms with van der Waals surface area (Å²) >= 11 is 0. The maximum absolute atomic E-state index is 11.5. The molecule has 0 unspecified atom stereocenters. The average molecular weight is 224 g/mol. The fourth-order valence-electron chi connectivity index (χ4n) is 1.76. The highest BCUT2D eigenvalue weighted by molar-refractivity contribution is 5.67. The molecule has 0 N–H and O–H groups in total. The summed E-state index contributed by atoms with van der Waals surface area (Å²) in [7, 11) is 3.32. The van der Waals surface area contributed by atoms with E-state index in [2.05, 4.69) is 17.7 Å². The lowest BCUT2D eigenvalue weighted by Crippen LogP contribution is -2.47. The van der Waals surface area contributed by atoms with Crippen LogP contribution in [0.2, 0.25) is 0 Å². The van der Waals surface area contributed by atoms with E-state index in [1.54, 1.807) is 14.1 Å².